The summed E-state index contributed by atoms with van der Waals surface area (Å²) in [6.07, 6.45) is 0. The van der Waals surface area contributed by atoms with Gasteiger partial charge in [-0.25, -0.2) is 9.98 Å². The number of rotatable bonds is 10. The zero-order valence-corrected chi connectivity index (χ0v) is 18.2. The minimum absolute atomic E-state index is 0.517. The van der Waals surface area contributed by atoms with Gasteiger partial charge in [0.15, 0.2) is 5.96 Å². The first-order valence-corrected chi connectivity index (χ1v) is 9.90. The number of benzene rings is 1. The lowest BCUT2D eigenvalue weighted by molar-refractivity contribution is 0.145. The molecule has 0 saturated heterocycles. The standard InChI is InChI=1S/C22H33N5O2/c1-6-23-22(25-16-19-8-7-9-21(26-19)27(3)4)24-15-18-11-10-17(2)14-20(18)29-13-12-28-5/h7-11,14H,6,12-13,15-16H2,1-5H3,(H2,23,24,25). The maximum Gasteiger partial charge on any atom is 0.191 e. The molecule has 1 heterocycles. The van der Waals surface area contributed by atoms with Crippen LogP contribution in [-0.4, -0.2) is 51.9 Å². The smallest absolute Gasteiger partial charge is 0.191 e. The van der Waals surface area contributed by atoms with Crippen LogP contribution in [0.3, 0.4) is 0 Å². The molecule has 2 aromatic rings. The Balaban J connectivity index is 2.06. The summed E-state index contributed by atoms with van der Waals surface area (Å²) < 4.78 is 10.9. The van der Waals surface area contributed by atoms with E-state index in [9.17, 15) is 0 Å². The molecular weight excluding hydrogens is 366 g/mol. The SMILES string of the molecule is CCNC(=NCc1ccc(C)cc1OCCOC)NCc1cccc(N(C)C)n1. The van der Waals surface area contributed by atoms with Gasteiger partial charge in [-0.15, -0.1) is 0 Å². The second kappa shape index (κ2) is 11.9. The van der Waals surface area contributed by atoms with Crippen LogP contribution in [0.1, 0.15) is 23.7 Å². The van der Waals surface area contributed by atoms with Crippen molar-refractivity contribution in [1.82, 2.24) is 15.6 Å². The number of aliphatic imine (C=N–C) groups is 1. The number of aryl methyl sites for hydroxylation is 1. The largest absolute Gasteiger partial charge is 0.491 e. The van der Waals surface area contributed by atoms with Gasteiger partial charge in [-0.1, -0.05) is 18.2 Å². The van der Waals surface area contributed by atoms with E-state index in [1.165, 1.54) is 0 Å². The lowest BCUT2D eigenvalue weighted by atomic mass is 10.1. The van der Waals surface area contributed by atoms with E-state index in [2.05, 4.69) is 34.7 Å². The lowest BCUT2D eigenvalue weighted by Gasteiger charge is -2.15. The third kappa shape index (κ3) is 7.62. The molecule has 0 atom stereocenters. The quantitative estimate of drug-likeness (QED) is 0.364. The predicted octanol–water partition coefficient (Wildman–Crippen LogP) is 2.74. The van der Waals surface area contributed by atoms with E-state index in [0.717, 1.165) is 40.9 Å². The first-order chi connectivity index (χ1) is 14.0. The number of guanidine groups is 1. The van der Waals surface area contributed by atoms with Crippen molar-refractivity contribution in [3.8, 4) is 5.75 Å². The monoisotopic (exact) mass is 399 g/mol. The number of nitrogens with zero attached hydrogens (tertiary/aromatic N) is 3. The van der Waals surface area contributed by atoms with E-state index in [1.54, 1.807) is 7.11 Å². The summed E-state index contributed by atoms with van der Waals surface area (Å²) in [6, 6.07) is 12.2. The van der Waals surface area contributed by atoms with Crippen LogP contribution in [0.4, 0.5) is 5.82 Å². The number of hydrogen-bond donors (Lipinski definition) is 2. The molecule has 0 aliphatic rings. The molecule has 29 heavy (non-hydrogen) atoms. The van der Waals surface area contributed by atoms with Gasteiger partial charge in [-0.3, -0.25) is 0 Å². The van der Waals surface area contributed by atoms with Crippen LogP contribution >= 0.6 is 0 Å². The van der Waals surface area contributed by atoms with Crippen molar-refractivity contribution in [1.29, 1.82) is 0 Å². The topological polar surface area (TPSA) is 71.0 Å². The maximum atomic E-state index is 5.87. The van der Waals surface area contributed by atoms with Crippen LogP contribution in [0.25, 0.3) is 0 Å². The molecule has 2 rings (SSSR count). The summed E-state index contributed by atoms with van der Waals surface area (Å²) in [6.45, 7) is 7.07. The van der Waals surface area contributed by atoms with E-state index in [0.29, 0.717) is 26.3 Å². The molecule has 7 heteroatoms. The second-order valence-electron chi connectivity index (χ2n) is 6.88. The van der Waals surface area contributed by atoms with Gasteiger partial charge >= 0.3 is 0 Å². The van der Waals surface area contributed by atoms with Crippen LogP contribution in [0.15, 0.2) is 41.4 Å². The molecule has 0 unspecified atom stereocenters. The Hall–Kier alpha value is -2.80. The fourth-order valence-corrected chi connectivity index (χ4v) is 2.66. The van der Waals surface area contributed by atoms with Crippen LogP contribution in [0, 0.1) is 6.92 Å². The van der Waals surface area contributed by atoms with Crippen molar-refractivity contribution in [3.63, 3.8) is 0 Å². The molecule has 0 bridgehead atoms. The van der Waals surface area contributed by atoms with Gasteiger partial charge in [0.25, 0.3) is 0 Å². The van der Waals surface area contributed by atoms with Crippen LogP contribution in [0.2, 0.25) is 0 Å². The van der Waals surface area contributed by atoms with Gasteiger partial charge in [0.05, 0.1) is 25.4 Å². The van der Waals surface area contributed by atoms with Crippen LogP contribution in [0.5, 0.6) is 5.75 Å². The molecule has 0 radical (unpaired) electrons. The molecule has 0 fully saturated rings. The highest BCUT2D eigenvalue weighted by Crippen LogP contribution is 2.21. The minimum atomic E-state index is 0.517. The molecule has 2 N–H and O–H groups in total. The number of anilines is 1. The zero-order chi connectivity index (χ0) is 21.1. The normalized spacial score (nSPS) is 11.3. The minimum Gasteiger partial charge on any atom is -0.491 e. The summed E-state index contributed by atoms with van der Waals surface area (Å²) in [7, 11) is 5.64. The third-order valence-corrected chi connectivity index (χ3v) is 4.21. The molecule has 0 saturated carbocycles. The van der Waals surface area contributed by atoms with Crippen molar-refractivity contribution in [3.05, 3.63) is 53.2 Å². The number of methoxy groups -OCH3 is 1. The van der Waals surface area contributed by atoms with E-state index >= 15 is 0 Å². The van der Waals surface area contributed by atoms with Crippen molar-refractivity contribution >= 4 is 11.8 Å². The van der Waals surface area contributed by atoms with Gasteiger partial charge in [0, 0.05) is 33.3 Å². The predicted molar refractivity (Wildman–Crippen MR) is 119 cm³/mol. The first-order valence-electron chi connectivity index (χ1n) is 9.90. The molecule has 0 aliphatic heterocycles. The first kappa shape index (κ1) is 22.5. The Morgan fingerprint density at radius 2 is 1.97 bits per heavy atom. The average Bonchev–Trinajstić information content (AvgIpc) is 2.71. The highest BCUT2D eigenvalue weighted by molar-refractivity contribution is 5.79. The number of hydrogen-bond acceptors (Lipinski definition) is 5. The van der Waals surface area contributed by atoms with Crippen molar-refractivity contribution in [2.45, 2.75) is 26.9 Å². The zero-order valence-electron chi connectivity index (χ0n) is 18.2. The molecule has 1 aromatic carbocycles. The second-order valence-corrected chi connectivity index (χ2v) is 6.88. The summed E-state index contributed by atoms with van der Waals surface area (Å²) in [4.78, 5) is 11.3. The van der Waals surface area contributed by atoms with E-state index < -0.39 is 0 Å². The van der Waals surface area contributed by atoms with Crippen LogP contribution < -0.4 is 20.3 Å². The molecule has 0 spiro atoms. The number of aromatic nitrogens is 1. The Morgan fingerprint density at radius 1 is 1.14 bits per heavy atom. The average molecular weight is 400 g/mol. The highest BCUT2D eigenvalue weighted by Gasteiger charge is 2.06. The highest BCUT2D eigenvalue weighted by atomic mass is 16.5. The maximum absolute atomic E-state index is 5.87. The van der Waals surface area contributed by atoms with Gasteiger partial charge < -0.3 is 25.0 Å². The van der Waals surface area contributed by atoms with Gasteiger partial charge in [0.1, 0.15) is 18.2 Å². The fraction of sp³-hybridized carbons (Fsp3) is 0.455. The Bertz CT molecular complexity index is 793. The van der Waals surface area contributed by atoms with Crippen LogP contribution in [-0.2, 0) is 17.8 Å². The lowest BCUT2D eigenvalue weighted by Crippen LogP contribution is -2.37. The van der Waals surface area contributed by atoms with Crippen molar-refractivity contribution in [2.75, 3.05) is 45.9 Å². The number of pyridine rings is 1. The van der Waals surface area contributed by atoms with E-state index in [1.807, 2.05) is 50.2 Å². The summed E-state index contributed by atoms with van der Waals surface area (Å²) in [5, 5.41) is 6.64. The number of nitrogens with one attached hydrogen (secondary N) is 2. The van der Waals surface area contributed by atoms with Gasteiger partial charge in [-0.05, 0) is 37.6 Å². The third-order valence-electron chi connectivity index (χ3n) is 4.21. The molecule has 7 nitrogen and oxygen atoms in total. The Kier molecular flexibility index (Phi) is 9.24. The molecule has 158 valence electrons. The summed E-state index contributed by atoms with van der Waals surface area (Å²) >= 11 is 0. The Labute approximate surface area is 174 Å². The molecular formula is C22H33N5O2. The Morgan fingerprint density at radius 3 is 2.69 bits per heavy atom. The van der Waals surface area contributed by atoms with Gasteiger partial charge in [0.2, 0.25) is 0 Å². The summed E-state index contributed by atoms with van der Waals surface area (Å²) in [5.41, 5.74) is 3.15. The molecule has 1 aromatic heterocycles. The van der Waals surface area contributed by atoms with E-state index in [-0.39, 0.29) is 0 Å². The summed E-state index contributed by atoms with van der Waals surface area (Å²) in [5.74, 6) is 2.53. The van der Waals surface area contributed by atoms with Crippen molar-refractivity contribution in [2.24, 2.45) is 4.99 Å². The van der Waals surface area contributed by atoms with E-state index in [4.69, 9.17) is 14.5 Å². The molecule has 0 amide bonds. The molecule has 0 aliphatic carbocycles. The van der Waals surface area contributed by atoms with Crippen molar-refractivity contribution < 1.29 is 9.47 Å². The number of ether oxygens (including phenoxy) is 2. The fourth-order valence-electron chi connectivity index (χ4n) is 2.66. The van der Waals surface area contributed by atoms with Gasteiger partial charge in [-0.2, -0.15) is 0 Å².